The zero-order valence-electron chi connectivity index (χ0n) is 9.75. The largest absolute Gasteiger partial charge is 0.505 e. The molecule has 1 aliphatic heterocycles. The van der Waals surface area contributed by atoms with E-state index in [1.165, 1.54) is 12.1 Å². The molecule has 0 radical (unpaired) electrons. The van der Waals surface area contributed by atoms with E-state index in [4.69, 9.17) is 23.2 Å². The van der Waals surface area contributed by atoms with Crippen LogP contribution >= 0.6 is 23.2 Å². The quantitative estimate of drug-likeness (QED) is 0.833. The first kappa shape index (κ1) is 13.6. The summed E-state index contributed by atoms with van der Waals surface area (Å²) < 4.78 is 0. The zero-order valence-corrected chi connectivity index (χ0v) is 11.3. The van der Waals surface area contributed by atoms with Gasteiger partial charge < -0.3 is 10.4 Å². The molecule has 98 valence electrons. The van der Waals surface area contributed by atoms with E-state index >= 15 is 0 Å². The lowest BCUT2D eigenvalue weighted by molar-refractivity contribution is 0.0921. The Bertz CT molecular complexity index is 436. The first-order valence-electron chi connectivity index (χ1n) is 5.72. The van der Waals surface area contributed by atoms with E-state index in [2.05, 4.69) is 10.2 Å². The lowest BCUT2D eigenvalue weighted by Gasteiger charge is -2.26. The highest BCUT2D eigenvalue weighted by atomic mass is 35.5. The molecule has 2 rings (SSSR count). The summed E-state index contributed by atoms with van der Waals surface area (Å²) in [5, 5.41) is 12.9. The van der Waals surface area contributed by atoms with Crippen LogP contribution in [0.4, 0.5) is 0 Å². The number of rotatable bonds is 3. The average molecular weight is 289 g/mol. The fourth-order valence-electron chi connectivity index (χ4n) is 1.89. The summed E-state index contributed by atoms with van der Waals surface area (Å²) in [5.41, 5.74) is 0.432. The van der Waals surface area contributed by atoms with Gasteiger partial charge in [0.15, 0.2) is 11.5 Å². The van der Waals surface area contributed by atoms with Crippen LogP contribution in [0.15, 0.2) is 12.1 Å². The van der Waals surface area contributed by atoms with Crippen LogP contribution in [0.1, 0.15) is 10.4 Å². The Labute approximate surface area is 115 Å². The molecule has 0 bridgehead atoms. The highest BCUT2D eigenvalue weighted by molar-refractivity contribution is 6.37. The molecule has 0 aromatic heterocycles. The molecule has 18 heavy (non-hydrogen) atoms. The SMILES string of the molecule is O=C(CN1CCNCC1)c1cc(Cl)c(O)c(Cl)c1. The molecule has 1 aromatic carbocycles. The molecule has 4 nitrogen and oxygen atoms in total. The summed E-state index contributed by atoms with van der Waals surface area (Å²) in [6.45, 7) is 3.84. The van der Waals surface area contributed by atoms with Gasteiger partial charge in [0.2, 0.25) is 0 Å². The van der Waals surface area contributed by atoms with Gasteiger partial charge in [-0.1, -0.05) is 23.2 Å². The summed E-state index contributed by atoms with van der Waals surface area (Å²) in [6.07, 6.45) is 0. The van der Waals surface area contributed by atoms with Crippen molar-refractivity contribution in [3.63, 3.8) is 0 Å². The van der Waals surface area contributed by atoms with E-state index in [0.29, 0.717) is 12.1 Å². The second kappa shape index (κ2) is 5.89. The normalized spacial score (nSPS) is 16.8. The third-order valence-corrected chi connectivity index (χ3v) is 3.49. The number of hydrogen-bond acceptors (Lipinski definition) is 4. The fourth-order valence-corrected chi connectivity index (χ4v) is 2.38. The summed E-state index contributed by atoms with van der Waals surface area (Å²) in [4.78, 5) is 14.1. The molecule has 0 atom stereocenters. The van der Waals surface area contributed by atoms with E-state index in [9.17, 15) is 9.90 Å². The summed E-state index contributed by atoms with van der Waals surface area (Å²) in [6, 6.07) is 2.90. The molecule has 1 aromatic rings. The highest BCUT2D eigenvalue weighted by Crippen LogP contribution is 2.32. The van der Waals surface area contributed by atoms with Gasteiger partial charge in [-0.15, -0.1) is 0 Å². The monoisotopic (exact) mass is 288 g/mol. The fraction of sp³-hybridized carbons (Fsp3) is 0.417. The van der Waals surface area contributed by atoms with E-state index in [1.54, 1.807) is 0 Å². The summed E-state index contributed by atoms with van der Waals surface area (Å²) in [5.74, 6) is -0.224. The number of carbonyl (C=O) groups is 1. The lowest BCUT2D eigenvalue weighted by Crippen LogP contribution is -2.45. The van der Waals surface area contributed by atoms with Gasteiger partial charge in [0.1, 0.15) is 0 Å². The van der Waals surface area contributed by atoms with Gasteiger partial charge in [-0.05, 0) is 12.1 Å². The summed E-state index contributed by atoms with van der Waals surface area (Å²) >= 11 is 11.6. The van der Waals surface area contributed by atoms with E-state index in [-0.39, 0.29) is 21.6 Å². The first-order chi connectivity index (χ1) is 8.58. The van der Waals surface area contributed by atoms with Crippen molar-refractivity contribution in [2.24, 2.45) is 0 Å². The molecular formula is C12H14Cl2N2O2. The van der Waals surface area contributed by atoms with Gasteiger partial charge in [0.25, 0.3) is 0 Å². The number of carbonyl (C=O) groups excluding carboxylic acids is 1. The van der Waals surface area contributed by atoms with Gasteiger partial charge in [-0.3, -0.25) is 9.69 Å². The third kappa shape index (κ3) is 3.14. The number of benzene rings is 1. The number of halogens is 2. The number of Topliss-reactive ketones (excluding diaryl/α,β-unsaturated/α-hetero) is 1. The van der Waals surface area contributed by atoms with Crippen molar-refractivity contribution >= 4 is 29.0 Å². The molecule has 0 spiro atoms. The second-order valence-corrected chi connectivity index (χ2v) is 5.05. The molecule has 1 saturated heterocycles. The number of nitrogens with zero attached hydrogens (tertiary/aromatic N) is 1. The molecule has 1 fully saturated rings. The minimum Gasteiger partial charge on any atom is -0.505 e. The van der Waals surface area contributed by atoms with Crippen molar-refractivity contribution in [3.05, 3.63) is 27.7 Å². The minimum atomic E-state index is -0.183. The Kier molecular flexibility index (Phi) is 4.45. The maximum Gasteiger partial charge on any atom is 0.176 e. The van der Waals surface area contributed by atoms with Crippen molar-refractivity contribution in [1.82, 2.24) is 10.2 Å². The molecule has 0 aliphatic carbocycles. The predicted octanol–water partition coefficient (Wildman–Crippen LogP) is 1.79. The molecule has 1 aliphatic rings. The lowest BCUT2D eigenvalue weighted by atomic mass is 10.1. The number of hydrogen-bond donors (Lipinski definition) is 2. The van der Waals surface area contributed by atoms with Gasteiger partial charge in [0, 0.05) is 31.7 Å². The van der Waals surface area contributed by atoms with Crippen LogP contribution in [0.2, 0.25) is 10.0 Å². The molecule has 1 heterocycles. The minimum absolute atomic E-state index is 0.0410. The molecular weight excluding hydrogens is 275 g/mol. The van der Waals surface area contributed by atoms with Crippen molar-refractivity contribution < 1.29 is 9.90 Å². The van der Waals surface area contributed by atoms with E-state index < -0.39 is 0 Å². The Morgan fingerprint density at radius 1 is 1.28 bits per heavy atom. The number of nitrogens with one attached hydrogen (secondary N) is 1. The number of phenols is 1. The number of ketones is 1. The van der Waals surface area contributed by atoms with Gasteiger partial charge in [-0.25, -0.2) is 0 Å². The van der Waals surface area contributed by atoms with Gasteiger partial charge in [-0.2, -0.15) is 0 Å². The van der Waals surface area contributed by atoms with Crippen LogP contribution in [-0.2, 0) is 0 Å². The van der Waals surface area contributed by atoms with Gasteiger partial charge in [0.05, 0.1) is 16.6 Å². The van der Waals surface area contributed by atoms with Crippen LogP contribution in [-0.4, -0.2) is 48.5 Å². The van der Waals surface area contributed by atoms with E-state index in [1.807, 2.05) is 0 Å². The maximum atomic E-state index is 12.1. The Hall–Kier alpha value is -0.810. The Balaban J connectivity index is 2.08. The average Bonchev–Trinajstić information content (AvgIpc) is 2.36. The highest BCUT2D eigenvalue weighted by Gasteiger charge is 2.17. The Morgan fingerprint density at radius 2 is 1.83 bits per heavy atom. The maximum absolute atomic E-state index is 12.1. The zero-order chi connectivity index (χ0) is 13.1. The van der Waals surface area contributed by atoms with Gasteiger partial charge >= 0.3 is 0 Å². The molecule has 6 heteroatoms. The Morgan fingerprint density at radius 3 is 2.39 bits per heavy atom. The number of aromatic hydroxyl groups is 1. The molecule has 0 saturated carbocycles. The second-order valence-electron chi connectivity index (χ2n) is 4.24. The van der Waals surface area contributed by atoms with Crippen LogP contribution in [0.25, 0.3) is 0 Å². The smallest absolute Gasteiger partial charge is 0.176 e. The topological polar surface area (TPSA) is 52.6 Å². The standard InChI is InChI=1S/C12H14Cl2N2O2/c13-9-5-8(6-10(14)12(9)18)11(17)7-16-3-1-15-2-4-16/h5-6,15,18H,1-4,7H2. The van der Waals surface area contributed by atoms with E-state index in [0.717, 1.165) is 26.2 Å². The number of phenolic OH excluding ortho intramolecular Hbond substituents is 1. The van der Waals surface area contributed by atoms with Crippen LogP contribution < -0.4 is 5.32 Å². The van der Waals surface area contributed by atoms with Crippen LogP contribution in [0.3, 0.4) is 0 Å². The van der Waals surface area contributed by atoms with Crippen molar-refractivity contribution in [3.8, 4) is 5.75 Å². The van der Waals surface area contributed by atoms with Crippen LogP contribution in [0, 0.1) is 0 Å². The van der Waals surface area contributed by atoms with Crippen molar-refractivity contribution in [2.75, 3.05) is 32.7 Å². The third-order valence-electron chi connectivity index (χ3n) is 2.92. The van der Waals surface area contributed by atoms with Crippen LogP contribution in [0.5, 0.6) is 5.75 Å². The first-order valence-corrected chi connectivity index (χ1v) is 6.48. The number of piperazine rings is 1. The molecule has 0 unspecified atom stereocenters. The van der Waals surface area contributed by atoms with Crippen molar-refractivity contribution in [2.45, 2.75) is 0 Å². The molecule has 2 N–H and O–H groups in total. The van der Waals surface area contributed by atoms with Crippen molar-refractivity contribution in [1.29, 1.82) is 0 Å². The predicted molar refractivity (Wildman–Crippen MR) is 71.8 cm³/mol. The molecule has 0 amide bonds. The summed E-state index contributed by atoms with van der Waals surface area (Å²) in [7, 11) is 0.